The monoisotopic (exact) mass is 489 g/mol. The third-order valence-electron chi connectivity index (χ3n) is 6.92. The Morgan fingerprint density at radius 3 is 2.47 bits per heavy atom. The van der Waals surface area contributed by atoms with Crippen LogP contribution in [0.2, 0.25) is 0 Å². The quantitative estimate of drug-likeness (QED) is 0.422. The van der Waals surface area contributed by atoms with Crippen LogP contribution in [0.25, 0.3) is 22.4 Å². The number of amides is 2. The minimum absolute atomic E-state index is 0.0730. The molecular weight excluding hydrogens is 454 g/mol. The molecule has 8 heteroatoms. The van der Waals surface area contributed by atoms with E-state index in [1.54, 1.807) is 0 Å². The molecule has 0 bridgehead atoms. The van der Waals surface area contributed by atoms with Gasteiger partial charge < -0.3 is 25.7 Å². The van der Waals surface area contributed by atoms with Gasteiger partial charge in [0, 0.05) is 12.2 Å². The molecule has 190 valence electrons. The topological polar surface area (TPSA) is 113 Å². The average molecular weight is 490 g/mol. The number of hydrogen-bond acceptors (Lipinski definition) is 5. The molecule has 0 spiro atoms. The molecule has 0 aliphatic carbocycles. The molecule has 3 aromatic rings. The number of nitrogens with zero attached hydrogens (tertiary/aromatic N) is 2. The third kappa shape index (κ3) is 5.08. The fourth-order valence-electron chi connectivity index (χ4n) is 4.97. The number of likely N-dealkylation sites (tertiary alicyclic amines) is 1. The van der Waals surface area contributed by atoms with Gasteiger partial charge in [0.2, 0.25) is 5.91 Å². The number of alkyl carbamates (subject to hydrolysis) is 1. The summed E-state index contributed by atoms with van der Waals surface area (Å²) in [4.78, 5) is 35.1. The molecule has 1 fully saturated rings. The van der Waals surface area contributed by atoms with Crippen LogP contribution >= 0.6 is 0 Å². The summed E-state index contributed by atoms with van der Waals surface area (Å²) < 4.78 is 4.72. The fraction of sp³-hybridized carbons (Fsp3) is 0.393. The lowest BCUT2D eigenvalue weighted by molar-refractivity contribution is -0.135. The zero-order chi connectivity index (χ0) is 26.0. The molecule has 1 saturated heterocycles. The first-order valence-electron chi connectivity index (χ1n) is 12.4. The number of nitrogen functional groups attached to an aromatic ring is 1. The van der Waals surface area contributed by atoms with Crippen LogP contribution in [0, 0.1) is 19.8 Å². The molecule has 2 heterocycles. The summed E-state index contributed by atoms with van der Waals surface area (Å²) in [6.07, 6.45) is 2.91. The average Bonchev–Trinajstić information content (AvgIpc) is 3.52. The minimum atomic E-state index is -0.653. The number of benzene rings is 2. The van der Waals surface area contributed by atoms with Crippen LogP contribution in [0.1, 0.15) is 49.7 Å². The highest BCUT2D eigenvalue weighted by Crippen LogP contribution is 2.34. The largest absolute Gasteiger partial charge is 0.453 e. The number of aromatic amines is 1. The van der Waals surface area contributed by atoms with Gasteiger partial charge in [-0.25, -0.2) is 9.78 Å². The first-order chi connectivity index (χ1) is 17.2. The summed E-state index contributed by atoms with van der Waals surface area (Å²) in [5.41, 5.74) is 13.3. The van der Waals surface area contributed by atoms with Gasteiger partial charge in [-0.15, -0.1) is 0 Å². The van der Waals surface area contributed by atoms with E-state index >= 15 is 0 Å². The van der Waals surface area contributed by atoms with Crippen LogP contribution in [0.3, 0.4) is 0 Å². The van der Waals surface area contributed by atoms with Crippen LogP contribution in [-0.4, -0.2) is 46.6 Å². The molecule has 0 unspecified atom stereocenters. The highest BCUT2D eigenvalue weighted by molar-refractivity contribution is 5.86. The van der Waals surface area contributed by atoms with Crippen molar-refractivity contribution in [3.63, 3.8) is 0 Å². The summed E-state index contributed by atoms with van der Waals surface area (Å²) >= 11 is 0. The van der Waals surface area contributed by atoms with Crippen LogP contribution in [0.15, 0.2) is 42.6 Å². The van der Waals surface area contributed by atoms with Crippen molar-refractivity contribution in [3.8, 4) is 22.4 Å². The SMILES string of the molecule is COC(=O)N[C@H](C(=O)N1CCC[C@H]1c1ncc(-c2ccc(-c3ccc(N)cc3C)c(C)c2)[nH]1)C(C)C. The van der Waals surface area contributed by atoms with Crippen molar-refractivity contribution in [2.45, 2.75) is 52.6 Å². The van der Waals surface area contributed by atoms with Gasteiger partial charge in [0.05, 0.1) is 25.0 Å². The zero-order valence-corrected chi connectivity index (χ0v) is 21.6. The summed E-state index contributed by atoms with van der Waals surface area (Å²) in [5, 5.41) is 2.69. The van der Waals surface area contributed by atoms with E-state index in [1.165, 1.54) is 18.2 Å². The maximum atomic E-state index is 13.4. The van der Waals surface area contributed by atoms with Crippen LogP contribution in [0.4, 0.5) is 10.5 Å². The van der Waals surface area contributed by atoms with Gasteiger partial charge in [-0.2, -0.15) is 0 Å². The van der Waals surface area contributed by atoms with Crippen molar-refractivity contribution in [1.29, 1.82) is 0 Å². The second-order valence-corrected chi connectivity index (χ2v) is 9.83. The first-order valence-corrected chi connectivity index (χ1v) is 12.4. The number of imidazole rings is 1. The highest BCUT2D eigenvalue weighted by atomic mass is 16.5. The summed E-state index contributed by atoms with van der Waals surface area (Å²) in [5.74, 6) is 0.568. The van der Waals surface area contributed by atoms with Gasteiger partial charge in [0.15, 0.2) is 0 Å². The molecule has 0 saturated carbocycles. The number of aryl methyl sites for hydroxylation is 2. The van der Waals surface area contributed by atoms with Crippen LogP contribution in [-0.2, 0) is 9.53 Å². The lowest BCUT2D eigenvalue weighted by atomic mass is 9.94. The molecule has 2 amide bonds. The number of ether oxygens (including phenoxy) is 1. The maximum Gasteiger partial charge on any atom is 0.407 e. The van der Waals surface area contributed by atoms with E-state index < -0.39 is 12.1 Å². The summed E-state index contributed by atoms with van der Waals surface area (Å²) in [6.45, 7) is 8.61. The van der Waals surface area contributed by atoms with E-state index in [2.05, 4.69) is 53.4 Å². The molecule has 4 rings (SSSR count). The molecule has 2 aromatic carbocycles. The van der Waals surface area contributed by atoms with Gasteiger partial charge in [-0.05, 0) is 78.6 Å². The Morgan fingerprint density at radius 1 is 1.14 bits per heavy atom. The second-order valence-electron chi connectivity index (χ2n) is 9.83. The van der Waals surface area contributed by atoms with Gasteiger partial charge >= 0.3 is 6.09 Å². The number of hydrogen-bond donors (Lipinski definition) is 3. The van der Waals surface area contributed by atoms with Crippen LogP contribution < -0.4 is 11.1 Å². The van der Waals surface area contributed by atoms with Crippen molar-refractivity contribution < 1.29 is 14.3 Å². The van der Waals surface area contributed by atoms with Crippen molar-refractivity contribution in [1.82, 2.24) is 20.2 Å². The maximum absolute atomic E-state index is 13.4. The molecule has 1 aliphatic heterocycles. The lowest BCUT2D eigenvalue weighted by Crippen LogP contribution is -2.51. The Labute approximate surface area is 212 Å². The predicted octanol–water partition coefficient (Wildman–Crippen LogP) is 4.99. The van der Waals surface area contributed by atoms with Gasteiger partial charge in [-0.1, -0.05) is 32.0 Å². The first kappa shape index (κ1) is 25.3. The lowest BCUT2D eigenvalue weighted by Gasteiger charge is -2.30. The van der Waals surface area contributed by atoms with E-state index in [0.29, 0.717) is 6.54 Å². The molecule has 36 heavy (non-hydrogen) atoms. The molecule has 1 aromatic heterocycles. The highest BCUT2D eigenvalue weighted by Gasteiger charge is 2.37. The Hall–Kier alpha value is -3.81. The molecule has 2 atom stereocenters. The fourth-order valence-corrected chi connectivity index (χ4v) is 4.97. The summed E-state index contributed by atoms with van der Waals surface area (Å²) in [6, 6.07) is 11.5. The zero-order valence-electron chi connectivity index (χ0n) is 21.6. The number of methoxy groups -OCH3 is 1. The Bertz CT molecular complexity index is 1270. The van der Waals surface area contributed by atoms with Gasteiger partial charge in [-0.3, -0.25) is 4.79 Å². The molecule has 8 nitrogen and oxygen atoms in total. The van der Waals surface area contributed by atoms with Crippen molar-refractivity contribution >= 4 is 17.7 Å². The predicted molar refractivity (Wildman–Crippen MR) is 141 cm³/mol. The van der Waals surface area contributed by atoms with E-state index in [0.717, 1.165) is 46.7 Å². The normalized spacial score (nSPS) is 16.3. The van der Waals surface area contributed by atoms with Gasteiger partial charge in [0.1, 0.15) is 11.9 Å². The number of aromatic nitrogens is 2. The Morgan fingerprint density at radius 2 is 1.83 bits per heavy atom. The Balaban J connectivity index is 1.56. The van der Waals surface area contributed by atoms with Gasteiger partial charge in [0.25, 0.3) is 0 Å². The Kier molecular flexibility index (Phi) is 7.33. The second kappa shape index (κ2) is 10.4. The van der Waals surface area contributed by atoms with E-state index in [4.69, 9.17) is 10.5 Å². The number of anilines is 1. The number of nitrogens with one attached hydrogen (secondary N) is 2. The van der Waals surface area contributed by atoms with Crippen molar-refractivity contribution in [3.05, 3.63) is 59.5 Å². The number of rotatable bonds is 6. The van der Waals surface area contributed by atoms with Crippen molar-refractivity contribution in [2.24, 2.45) is 5.92 Å². The molecular formula is C28H35N5O3. The molecule has 4 N–H and O–H groups in total. The van der Waals surface area contributed by atoms with Crippen molar-refractivity contribution in [2.75, 3.05) is 19.4 Å². The standard InChI is InChI=1S/C28H35N5O3/c1-16(2)25(32-28(35)36-5)27(34)33-12-6-7-24(33)26-30-15-23(31-26)19-8-10-21(17(3)13-19)22-11-9-20(29)14-18(22)4/h8-11,13-16,24-25H,6-7,12,29H2,1-5H3,(H,30,31)(H,32,35)/t24-,25-/m0/s1. The number of H-pyrrole nitrogens is 1. The molecule has 1 aliphatic rings. The van der Waals surface area contributed by atoms with E-state index in [1.807, 2.05) is 37.1 Å². The summed E-state index contributed by atoms with van der Waals surface area (Å²) in [7, 11) is 1.30. The third-order valence-corrected chi connectivity index (χ3v) is 6.92. The number of nitrogens with two attached hydrogens (primary N) is 1. The van der Waals surface area contributed by atoms with E-state index in [-0.39, 0.29) is 17.9 Å². The number of carbonyl (C=O) groups is 2. The van der Waals surface area contributed by atoms with E-state index in [9.17, 15) is 9.59 Å². The minimum Gasteiger partial charge on any atom is -0.453 e. The number of carbonyl (C=O) groups excluding carboxylic acids is 2. The molecule has 0 radical (unpaired) electrons. The van der Waals surface area contributed by atoms with Crippen LogP contribution in [0.5, 0.6) is 0 Å². The smallest absolute Gasteiger partial charge is 0.407 e.